The van der Waals surface area contributed by atoms with Gasteiger partial charge >= 0.3 is 0 Å². The third-order valence-corrected chi connectivity index (χ3v) is 3.24. The highest BCUT2D eigenvalue weighted by atomic mass is 35.5. The summed E-state index contributed by atoms with van der Waals surface area (Å²) in [6, 6.07) is 11.6. The van der Waals surface area contributed by atoms with Crippen molar-refractivity contribution in [2.45, 2.75) is 19.9 Å². The van der Waals surface area contributed by atoms with E-state index in [1.165, 1.54) is 0 Å². The minimum Gasteiger partial charge on any atom is -0.398 e. The highest BCUT2D eigenvalue weighted by Crippen LogP contribution is 2.25. The van der Waals surface area contributed by atoms with Crippen LogP contribution in [0.1, 0.15) is 18.9 Å². The minimum atomic E-state index is 0.672. The van der Waals surface area contributed by atoms with Gasteiger partial charge in [0.2, 0.25) is 0 Å². The largest absolute Gasteiger partial charge is 0.398 e. The molecule has 0 unspecified atom stereocenters. The molecule has 0 bridgehead atoms. The average Bonchev–Trinajstić information content (AvgIpc) is 2.41. The molecule has 0 amide bonds. The molecule has 0 aliphatic heterocycles. The normalized spacial score (nSPS) is 10.4. The van der Waals surface area contributed by atoms with Crippen molar-refractivity contribution in [1.82, 2.24) is 4.98 Å². The van der Waals surface area contributed by atoms with Gasteiger partial charge in [-0.25, -0.2) is 4.98 Å². The molecule has 100 valence electrons. The average molecular weight is 276 g/mol. The van der Waals surface area contributed by atoms with Gasteiger partial charge in [0.25, 0.3) is 0 Å². The fourth-order valence-electron chi connectivity index (χ4n) is 2.02. The Hall–Kier alpha value is -1.74. The lowest BCUT2D eigenvalue weighted by Gasteiger charge is -2.24. The molecule has 0 fully saturated rings. The van der Waals surface area contributed by atoms with Crippen molar-refractivity contribution in [3.05, 3.63) is 53.2 Å². The standard InChI is InChI=1S/C15H18ClN3/c1-2-10-19(15-13(16)7-5-9-18-15)11-12-6-3-4-8-14(12)17/h3-9H,2,10-11,17H2,1H3. The first-order valence-electron chi connectivity index (χ1n) is 6.41. The van der Waals surface area contributed by atoms with Gasteiger partial charge in [-0.3, -0.25) is 0 Å². The Morgan fingerprint density at radius 1 is 1.21 bits per heavy atom. The van der Waals surface area contributed by atoms with E-state index in [1.807, 2.05) is 36.4 Å². The molecule has 1 aromatic heterocycles. The molecule has 19 heavy (non-hydrogen) atoms. The summed E-state index contributed by atoms with van der Waals surface area (Å²) < 4.78 is 0. The molecule has 0 atom stereocenters. The van der Waals surface area contributed by atoms with Gasteiger partial charge in [-0.05, 0) is 30.2 Å². The number of rotatable bonds is 5. The Labute approximate surface area is 119 Å². The molecular weight excluding hydrogens is 258 g/mol. The highest BCUT2D eigenvalue weighted by molar-refractivity contribution is 6.32. The Morgan fingerprint density at radius 3 is 2.68 bits per heavy atom. The lowest BCUT2D eigenvalue weighted by atomic mass is 10.1. The van der Waals surface area contributed by atoms with E-state index in [2.05, 4.69) is 16.8 Å². The topological polar surface area (TPSA) is 42.1 Å². The summed E-state index contributed by atoms with van der Waals surface area (Å²) in [4.78, 5) is 6.54. The molecule has 1 aromatic carbocycles. The summed E-state index contributed by atoms with van der Waals surface area (Å²) in [5, 5.41) is 0.672. The van der Waals surface area contributed by atoms with E-state index in [1.54, 1.807) is 6.20 Å². The third kappa shape index (κ3) is 3.38. The fraction of sp³-hybridized carbons (Fsp3) is 0.267. The predicted octanol–water partition coefficient (Wildman–Crippen LogP) is 3.73. The number of nitrogen functional groups attached to an aromatic ring is 1. The molecule has 0 saturated heterocycles. The van der Waals surface area contributed by atoms with Gasteiger partial charge in [0, 0.05) is 25.0 Å². The summed E-state index contributed by atoms with van der Waals surface area (Å²) in [6.07, 6.45) is 2.79. The monoisotopic (exact) mass is 275 g/mol. The van der Waals surface area contributed by atoms with Crippen molar-refractivity contribution in [1.29, 1.82) is 0 Å². The Balaban J connectivity index is 2.27. The van der Waals surface area contributed by atoms with Crippen LogP contribution in [-0.2, 0) is 6.54 Å². The summed E-state index contributed by atoms with van der Waals surface area (Å²) in [7, 11) is 0. The SMILES string of the molecule is CCCN(Cc1ccccc1N)c1ncccc1Cl. The summed E-state index contributed by atoms with van der Waals surface area (Å²) in [5.74, 6) is 0.814. The zero-order chi connectivity index (χ0) is 13.7. The van der Waals surface area contributed by atoms with Crippen LogP contribution in [0.4, 0.5) is 11.5 Å². The molecule has 4 heteroatoms. The van der Waals surface area contributed by atoms with Gasteiger partial charge in [-0.2, -0.15) is 0 Å². The Bertz CT molecular complexity index is 542. The number of para-hydroxylation sites is 1. The van der Waals surface area contributed by atoms with Crippen LogP contribution in [0.3, 0.4) is 0 Å². The van der Waals surface area contributed by atoms with Gasteiger partial charge in [0.15, 0.2) is 0 Å². The highest BCUT2D eigenvalue weighted by Gasteiger charge is 2.12. The molecule has 3 nitrogen and oxygen atoms in total. The van der Waals surface area contributed by atoms with E-state index in [0.717, 1.165) is 36.6 Å². The number of anilines is 2. The zero-order valence-corrected chi connectivity index (χ0v) is 11.8. The van der Waals surface area contributed by atoms with E-state index >= 15 is 0 Å². The smallest absolute Gasteiger partial charge is 0.147 e. The van der Waals surface area contributed by atoms with Gasteiger partial charge < -0.3 is 10.6 Å². The molecule has 0 spiro atoms. The minimum absolute atomic E-state index is 0.672. The lowest BCUT2D eigenvalue weighted by molar-refractivity contribution is 0.756. The first-order chi connectivity index (χ1) is 9.22. The Kier molecular flexibility index (Phi) is 4.63. The van der Waals surface area contributed by atoms with Gasteiger partial charge in [-0.15, -0.1) is 0 Å². The van der Waals surface area contributed by atoms with Crippen LogP contribution in [0.25, 0.3) is 0 Å². The maximum Gasteiger partial charge on any atom is 0.147 e. The first-order valence-corrected chi connectivity index (χ1v) is 6.79. The second-order valence-corrected chi connectivity index (χ2v) is 4.84. The second-order valence-electron chi connectivity index (χ2n) is 4.43. The fourth-order valence-corrected chi connectivity index (χ4v) is 2.26. The molecule has 1 heterocycles. The van der Waals surface area contributed by atoms with Crippen molar-refractivity contribution in [3.8, 4) is 0 Å². The van der Waals surface area contributed by atoms with E-state index in [4.69, 9.17) is 17.3 Å². The number of hydrogen-bond acceptors (Lipinski definition) is 3. The second kappa shape index (κ2) is 6.43. The molecule has 0 aliphatic rings. The zero-order valence-electron chi connectivity index (χ0n) is 11.0. The number of pyridine rings is 1. The van der Waals surface area contributed by atoms with Crippen LogP contribution in [0.2, 0.25) is 5.02 Å². The van der Waals surface area contributed by atoms with Crippen LogP contribution < -0.4 is 10.6 Å². The van der Waals surface area contributed by atoms with Crippen LogP contribution >= 0.6 is 11.6 Å². The van der Waals surface area contributed by atoms with Crippen molar-refractivity contribution in [2.24, 2.45) is 0 Å². The predicted molar refractivity (Wildman–Crippen MR) is 81.4 cm³/mol. The van der Waals surface area contributed by atoms with Crippen molar-refractivity contribution in [2.75, 3.05) is 17.2 Å². The van der Waals surface area contributed by atoms with Crippen molar-refractivity contribution in [3.63, 3.8) is 0 Å². The number of nitrogens with two attached hydrogens (primary N) is 1. The van der Waals surface area contributed by atoms with E-state index in [9.17, 15) is 0 Å². The van der Waals surface area contributed by atoms with Crippen LogP contribution in [-0.4, -0.2) is 11.5 Å². The summed E-state index contributed by atoms with van der Waals surface area (Å²) >= 11 is 6.23. The van der Waals surface area contributed by atoms with Crippen LogP contribution in [0.5, 0.6) is 0 Å². The number of aromatic nitrogens is 1. The van der Waals surface area contributed by atoms with E-state index < -0.39 is 0 Å². The van der Waals surface area contributed by atoms with Crippen molar-refractivity contribution >= 4 is 23.1 Å². The first kappa shape index (κ1) is 13.7. The third-order valence-electron chi connectivity index (χ3n) is 2.95. The van der Waals surface area contributed by atoms with Crippen molar-refractivity contribution < 1.29 is 0 Å². The Morgan fingerprint density at radius 2 is 2.00 bits per heavy atom. The van der Waals surface area contributed by atoms with Crippen LogP contribution in [0, 0.1) is 0 Å². The number of nitrogens with zero attached hydrogens (tertiary/aromatic N) is 2. The molecule has 0 radical (unpaired) electrons. The van der Waals surface area contributed by atoms with Crippen LogP contribution in [0.15, 0.2) is 42.6 Å². The van der Waals surface area contributed by atoms with Gasteiger partial charge in [0.05, 0.1) is 5.02 Å². The molecule has 2 aromatic rings. The number of hydrogen-bond donors (Lipinski definition) is 1. The maximum absolute atomic E-state index is 6.23. The lowest BCUT2D eigenvalue weighted by Crippen LogP contribution is -2.25. The van der Waals surface area contributed by atoms with Gasteiger partial charge in [-0.1, -0.05) is 36.7 Å². The quantitative estimate of drug-likeness (QED) is 0.846. The molecule has 0 saturated carbocycles. The summed E-state index contributed by atoms with van der Waals surface area (Å²) in [6.45, 7) is 3.75. The maximum atomic E-state index is 6.23. The number of halogens is 1. The molecular formula is C15H18ClN3. The van der Waals surface area contributed by atoms with Gasteiger partial charge in [0.1, 0.15) is 5.82 Å². The van der Waals surface area contributed by atoms with E-state index in [0.29, 0.717) is 5.02 Å². The van der Waals surface area contributed by atoms with E-state index in [-0.39, 0.29) is 0 Å². The molecule has 0 aliphatic carbocycles. The molecule has 2 rings (SSSR count). The summed E-state index contributed by atoms with van der Waals surface area (Å²) in [5.41, 5.74) is 7.90. The number of benzene rings is 1. The molecule has 2 N–H and O–H groups in total.